The number of rotatable bonds is 3. The fourth-order valence-electron chi connectivity index (χ4n) is 2.36. The zero-order valence-electron chi connectivity index (χ0n) is 11.8. The Kier molecular flexibility index (Phi) is 4.08. The maximum Gasteiger partial charge on any atom is 0.249 e. The van der Waals surface area contributed by atoms with Crippen molar-refractivity contribution in [1.29, 1.82) is 5.26 Å². The lowest BCUT2D eigenvalue weighted by Crippen LogP contribution is -2.33. The molecule has 1 saturated heterocycles. The Hall–Kier alpha value is -2.72. The van der Waals surface area contributed by atoms with E-state index in [0.717, 1.165) is 0 Å². The Morgan fingerprint density at radius 2 is 2.22 bits per heavy atom. The quantitative estimate of drug-likeness (QED) is 0.933. The first-order valence-corrected chi connectivity index (χ1v) is 7.21. The maximum absolute atomic E-state index is 13.2. The Balaban J connectivity index is 1.73. The van der Waals surface area contributed by atoms with Gasteiger partial charge in [0.05, 0.1) is 17.4 Å². The van der Waals surface area contributed by atoms with Gasteiger partial charge in [-0.1, -0.05) is 11.6 Å². The molecule has 8 heteroatoms. The van der Waals surface area contributed by atoms with Crippen LogP contribution in [0.25, 0.3) is 0 Å². The van der Waals surface area contributed by atoms with Gasteiger partial charge in [0.25, 0.3) is 0 Å². The molecule has 0 bridgehead atoms. The van der Waals surface area contributed by atoms with E-state index in [1.165, 1.54) is 30.6 Å². The molecule has 1 aromatic heterocycles. The molecule has 1 amide bonds. The fourth-order valence-corrected chi connectivity index (χ4v) is 2.54. The number of nitrogens with zero attached hydrogens (tertiary/aromatic N) is 4. The lowest BCUT2D eigenvalue weighted by molar-refractivity contribution is -0.117. The molecule has 116 valence electrons. The van der Waals surface area contributed by atoms with Crippen molar-refractivity contribution in [3.8, 4) is 6.07 Å². The Morgan fingerprint density at radius 1 is 1.39 bits per heavy atom. The van der Waals surface area contributed by atoms with Gasteiger partial charge in [-0.25, -0.2) is 14.4 Å². The van der Waals surface area contributed by atoms with Crippen LogP contribution in [-0.2, 0) is 4.79 Å². The van der Waals surface area contributed by atoms with E-state index in [-0.39, 0.29) is 16.6 Å². The Bertz CT molecular complexity index is 789. The largest absolute Gasteiger partial charge is 0.357 e. The molecule has 23 heavy (non-hydrogen) atoms. The summed E-state index contributed by atoms with van der Waals surface area (Å²) < 4.78 is 13.2. The van der Waals surface area contributed by atoms with E-state index in [2.05, 4.69) is 15.3 Å². The summed E-state index contributed by atoms with van der Waals surface area (Å²) in [6, 6.07) is 5.60. The van der Waals surface area contributed by atoms with Gasteiger partial charge in [0.2, 0.25) is 5.91 Å². The minimum atomic E-state index is -0.524. The summed E-state index contributed by atoms with van der Waals surface area (Å²) >= 11 is 5.76. The summed E-state index contributed by atoms with van der Waals surface area (Å²) in [5.41, 5.74) is 0.757. The molecule has 1 aliphatic heterocycles. The molecule has 0 saturated carbocycles. The van der Waals surface area contributed by atoms with Gasteiger partial charge in [0.1, 0.15) is 23.7 Å². The third-order valence-electron chi connectivity index (χ3n) is 3.51. The number of hydrogen-bond acceptors (Lipinski definition) is 5. The van der Waals surface area contributed by atoms with E-state index in [1.807, 2.05) is 6.07 Å². The second-order valence-electron chi connectivity index (χ2n) is 4.97. The van der Waals surface area contributed by atoms with Crippen molar-refractivity contribution < 1.29 is 9.18 Å². The highest BCUT2D eigenvalue weighted by atomic mass is 35.5. The van der Waals surface area contributed by atoms with Crippen LogP contribution in [0.3, 0.4) is 0 Å². The highest BCUT2D eigenvalue weighted by molar-refractivity contribution is 6.31. The van der Waals surface area contributed by atoms with Gasteiger partial charge in [-0.2, -0.15) is 5.26 Å². The number of amides is 1. The van der Waals surface area contributed by atoms with Gasteiger partial charge < -0.3 is 10.2 Å². The van der Waals surface area contributed by atoms with Crippen molar-refractivity contribution in [2.24, 2.45) is 0 Å². The first-order chi connectivity index (χ1) is 11.1. The van der Waals surface area contributed by atoms with E-state index in [9.17, 15) is 9.18 Å². The highest BCUT2D eigenvalue weighted by Crippen LogP contribution is 2.27. The van der Waals surface area contributed by atoms with Crippen molar-refractivity contribution in [1.82, 2.24) is 9.97 Å². The molecule has 0 radical (unpaired) electrons. The minimum Gasteiger partial charge on any atom is -0.357 e. The van der Waals surface area contributed by atoms with E-state index in [4.69, 9.17) is 16.9 Å². The van der Waals surface area contributed by atoms with Crippen LogP contribution in [0.4, 0.5) is 15.9 Å². The van der Waals surface area contributed by atoms with Crippen LogP contribution < -0.4 is 10.2 Å². The second kappa shape index (κ2) is 6.18. The third kappa shape index (κ3) is 3.07. The predicted molar refractivity (Wildman–Crippen MR) is 82.5 cm³/mol. The van der Waals surface area contributed by atoms with Crippen LogP contribution in [0.5, 0.6) is 0 Å². The predicted octanol–water partition coefficient (Wildman–Crippen LogP) is 2.36. The molecule has 1 fully saturated rings. The van der Waals surface area contributed by atoms with Crippen LogP contribution in [-0.4, -0.2) is 28.5 Å². The number of nitrogens with one attached hydrogen (secondary N) is 1. The van der Waals surface area contributed by atoms with E-state index in [0.29, 0.717) is 24.5 Å². The molecule has 6 nitrogen and oxygen atoms in total. The molecule has 1 atom stereocenters. The van der Waals surface area contributed by atoms with Crippen LogP contribution in [0.15, 0.2) is 30.6 Å². The summed E-state index contributed by atoms with van der Waals surface area (Å²) in [4.78, 5) is 21.9. The minimum absolute atomic E-state index is 0.0235. The topological polar surface area (TPSA) is 81.9 Å². The normalized spacial score (nSPS) is 17.2. The molecule has 2 heterocycles. The average Bonchev–Trinajstić information content (AvgIpc) is 2.92. The number of carbonyl (C=O) groups is 1. The van der Waals surface area contributed by atoms with Gasteiger partial charge in [-0.3, -0.25) is 4.79 Å². The molecule has 1 N–H and O–H groups in total. The smallest absolute Gasteiger partial charge is 0.249 e. The molecule has 2 aromatic rings. The summed E-state index contributed by atoms with van der Waals surface area (Å²) in [5, 5.41) is 11.6. The Labute approximate surface area is 136 Å². The van der Waals surface area contributed by atoms with Crippen LogP contribution >= 0.6 is 11.6 Å². The first-order valence-electron chi connectivity index (χ1n) is 6.83. The standard InChI is InChI=1S/C15H11ClFN5O/c16-11-5-10(1-2-12(11)17)22-4-3-13(15(22)23)21-14-8-19-9(6-18)7-20-14/h1-2,5,7-8,13H,3-4H2,(H,20,21). The first kappa shape index (κ1) is 15.2. The molecular weight excluding hydrogens is 321 g/mol. The number of benzene rings is 1. The number of carbonyl (C=O) groups excluding carboxylic acids is 1. The van der Waals surface area contributed by atoms with Gasteiger partial charge in [0.15, 0.2) is 5.69 Å². The van der Waals surface area contributed by atoms with Crippen molar-refractivity contribution in [2.75, 3.05) is 16.8 Å². The van der Waals surface area contributed by atoms with Crippen molar-refractivity contribution in [3.63, 3.8) is 0 Å². The summed E-state index contributed by atoms with van der Waals surface area (Å²) in [7, 11) is 0. The summed E-state index contributed by atoms with van der Waals surface area (Å²) in [6.45, 7) is 0.488. The maximum atomic E-state index is 13.2. The second-order valence-corrected chi connectivity index (χ2v) is 5.38. The zero-order valence-corrected chi connectivity index (χ0v) is 12.6. The summed E-state index contributed by atoms with van der Waals surface area (Å²) in [6.07, 6.45) is 3.30. The van der Waals surface area contributed by atoms with E-state index < -0.39 is 11.9 Å². The average molecular weight is 332 g/mol. The molecular formula is C15H11ClFN5O. The monoisotopic (exact) mass is 331 g/mol. The molecule has 1 unspecified atom stereocenters. The molecule has 1 aliphatic rings. The van der Waals surface area contributed by atoms with Crippen LogP contribution in [0.2, 0.25) is 5.02 Å². The summed E-state index contributed by atoms with van der Waals surface area (Å²) in [5.74, 6) is -0.259. The number of anilines is 2. The lowest BCUT2D eigenvalue weighted by Gasteiger charge is -2.17. The van der Waals surface area contributed by atoms with Crippen molar-refractivity contribution in [3.05, 3.63) is 47.1 Å². The van der Waals surface area contributed by atoms with E-state index in [1.54, 1.807) is 4.90 Å². The lowest BCUT2D eigenvalue weighted by atomic mass is 10.2. The van der Waals surface area contributed by atoms with Crippen molar-refractivity contribution >= 4 is 29.0 Å². The SMILES string of the molecule is N#Cc1cnc(NC2CCN(c3ccc(F)c(Cl)c3)C2=O)cn1. The highest BCUT2D eigenvalue weighted by Gasteiger charge is 2.33. The van der Waals surface area contributed by atoms with Crippen molar-refractivity contribution in [2.45, 2.75) is 12.5 Å². The number of halogens is 2. The van der Waals surface area contributed by atoms with Crippen LogP contribution in [0, 0.1) is 17.1 Å². The van der Waals surface area contributed by atoms with E-state index >= 15 is 0 Å². The van der Waals surface area contributed by atoms with Gasteiger partial charge in [-0.05, 0) is 24.6 Å². The molecule has 0 spiro atoms. The van der Waals surface area contributed by atoms with Gasteiger partial charge in [0, 0.05) is 12.2 Å². The van der Waals surface area contributed by atoms with Gasteiger partial charge >= 0.3 is 0 Å². The number of aromatic nitrogens is 2. The van der Waals surface area contributed by atoms with Gasteiger partial charge in [-0.15, -0.1) is 0 Å². The third-order valence-corrected chi connectivity index (χ3v) is 3.80. The molecule has 1 aromatic carbocycles. The molecule has 3 rings (SSSR count). The fraction of sp³-hybridized carbons (Fsp3) is 0.200. The number of nitriles is 1. The number of hydrogen-bond donors (Lipinski definition) is 1. The molecule has 0 aliphatic carbocycles. The zero-order chi connectivity index (χ0) is 16.4. The Morgan fingerprint density at radius 3 is 2.87 bits per heavy atom. The van der Waals surface area contributed by atoms with Crippen LogP contribution in [0.1, 0.15) is 12.1 Å².